The quantitative estimate of drug-likeness (QED) is 0.890. The van der Waals surface area contributed by atoms with E-state index in [4.69, 9.17) is 5.73 Å². The molecule has 18 heavy (non-hydrogen) atoms. The lowest BCUT2D eigenvalue weighted by molar-refractivity contribution is -0.139. The predicted molar refractivity (Wildman–Crippen MR) is 66.9 cm³/mol. The molecule has 2 unspecified atom stereocenters. The summed E-state index contributed by atoms with van der Waals surface area (Å²) >= 11 is 3.00. The van der Waals surface area contributed by atoms with E-state index in [1.54, 1.807) is 6.92 Å². The minimum absolute atomic E-state index is 0.122. The molecule has 1 aromatic carbocycles. The lowest BCUT2D eigenvalue weighted by atomic mass is 9.90. The van der Waals surface area contributed by atoms with E-state index in [0.29, 0.717) is 10.9 Å². The van der Waals surface area contributed by atoms with Gasteiger partial charge in [0.1, 0.15) is 0 Å². The smallest absolute Gasteiger partial charge is 0.388 e. The number of halogens is 4. The first-order valence-electron chi connectivity index (χ1n) is 5.56. The van der Waals surface area contributed by atoms with Gasteiger partial charge in [-0.1, -0.05) is 28.9 Å². The van der Waals surface area contributed by atoms with Crippen molar-refractivity contribution in [1.29, 1.82) is 0 Å². The number of alkyl halides is 3. The van der Waals surface area contributed by atoms with E-state index >= 15 is 0 Å². The van der Waals surface area contributed by atoms with Crippen LogP contribution >= 0.6 is 15.9 Å². The molecule has 0 saturated carbocycles. The Balaban J connectivity index is 3.23. The first kappa shape index (κ1) is 15.5. The van der Waals surface area contributed by atoms with E-state index < -0.39 is 17.8 Å². The van der Waals surface area contributed by atoms with Crippen molar-refractivity contribution in [2.24, 2.45) is 11.7 Å². The Bertz CT molecular complexity index is 405. The van der Waals surface area contributed by atoms with E-state index in [0.717, 1.165) is 6.07 Å². The van der Waals surface area contributed by atoms with Crippen molar-refractivity contribution in [3.8, 4) is 0 Å². The molecule has 0 fully saturated rings. The van der Waals surface area contributed by atoms with E-state index in [-0.39, 0.29) is 18.0 Å². The van der Waals surface area contributed by atoms with Crippen molar-refractivity contribution in [2.75, 3.05) is 6.54 Å². The fourth-order valence-corrected chi connectivity index (χ4v) is 2.17. The van der Waals surface area contributed by atoms with Gasteiger partial charge in [0.25, 0.3) is 0 Å². The van der Waals surface area contributed by atoms with Gasteiger partial charge < -0.3 is 10.8 Å². The first-order chi connectivity index (χ1) is 8.31. The Kier molecular flexibility index (Phi) is 5.19. The van der Waals surface area contributed by atoms with Gasteiger partial charge in [0.15, 0.2) is 0 Å². The van der Waals surface area contributed by atoms with Crippen molar-refractivity contribution >= 4 is 15.9 Å². The van der Waals surface area contributed by atoms with Crippen LogP contribution in [0.3, 0.4) is 0 Å². The van der Waals surface area contributed by atoms with Gasteiger partial charge in [-0.25, -0.2) is 0 Å². The molecule has 0 saturated heterocycles. The van der Waals surface area contributed by atoms with Crippen molar-refractivity contribution in [3.05, 3.63) is 33.8 Å². The second kappa shape index (κ2) is 6.04. The lowest BCUT2D eigenvalue weighted by Gasteiger charge is -2.23. The zero-order valence-corrected chi connectivity index (χ0v) is 11.4. The summed E-state index contributed by atoms with van der Waals surface area (Å²) in [6.45, 7) is 1.93. The van der Waals surface area contributed by atoms with Gasteiger partial charge in [-0.15, -0.1) is 0 Å². The summed E-state index contributed by atoms with van der Waals surface area (Å²) in [6, 6.07) is 3.74. The summed E-state index contributed by atoms with van der Waals surface area (Å²) in [6.07, 6.45) is -5.18. The Hall–Kier alpha value is -0.590. The molecule has 0 bridgehead atoms. The Labute approximate surface area is 112 Å². The minimum atomic E-state index is -4.49. The van der Waals surface area contributed by atoms with Crippen LogP contribution in [0.4, 0.5) is 13.2 Å². The van der Waals surface area contributed by atoms with Crippen LogP contribution in [0.25, 0.3) is 0 Å². The van der Waals surface area contributed by atoms with Gasteiger partial charge in [-0.2, -0.15) is 13.2 Å². The third-order valence-corrected chi connectivity index (χ3v) is 3.41. The average Bonchev–Trinajstić information content (AvgIpc) is 2.29. The molecule has 0 aliphatic carbocycles. The van der Waals surface area contributed by atoms with Crippen LogP contribution in [0.5, 0.6) is 0 Å². The summed E-state index contributed by atoms with van der Waals surface area (Å²) < 4.78 is 39.0. The molecule has 0 radical (unpaired) electrons. The van der Waals surface area contributed by atoms with Crippen molar-refractivity contribution in [1.82, 2.24) is 0 Å². The van der Waals surface area contributed by atoms with E-state index in [9.17, 15) is 18.3 Å². The van der Waals surface area contributed by atoms with Crippen LogP contribution in [0, 0.1) is 5.92 Å². The highest BCUT2D eigenvalue weighted by Crippen LogP contribution is 2.38. The summed E-state index contributed by atoms with van der Waals surface area (Å²) in [7, 11) is 0. The molecule has 0 spiro atoms. The molecular weight excluding hydrogens is 311 g/mol. The number of aliphatic hydroxyl groups is 1. The molecule has 2 nitrogen and oxygen atoms in total. The largest absolute Gasteiger partial charge is 0.416 e. The fraction of sp³-hybridized carbons (Fsp3) is 0.500. The first-order valence-corrected chi connectivity index (χ1v) is 6.35. The SMILES string of the molecule is CCC(CN)C(O)c1ccc(Br)cc1C(F)(F)F. The van der Waals surface area contributed by atoms with Gasteiger partial charge in [0, 0.05) is 10.4 Å². The average molecular weight is 326 g/mol. The summed E-state index contributed by atoms with van der Waals surface area (Å²) in [4.78, 5) is 0. The highest BCUT2D eigenvalue weighted by atomic mass is 79.9. The number of benzene rings is 1. The molecule has 102 valence electrons. The Morgan fingerprint density at radius 3 is 2.44 bits per heavy atom. The third kappa shape index (κ3) is 3.46. The number of hydrogen-bond acceptors (Lipinski definition) is 2. The van der Waals surface area contributed by atoms with E-state index in [1.165, 1.54) is 12.1 Å². The predicted octanol–water partition coefficient (Wildman–Crippen LogP) is 3.49. The third-order valence-electron chi connectivity index (χ3n) is 2.91. The molecule has 0 aliphatic rings. The van der Waals surface area contributed by atoms with E-state index in [2.05, 4.69) is 15.9 Å². The summed E-state index contributed by atoms with van der Waals surface area (Å²) in [5.74, 6) is -0.382. The summed E-state index contributed by atoms with van der Waals surface area (Å²) in [5, 5.41) is 10.0. The molecule has 2 atom stereocenters. The zero-order chi connectivity index (χ0) is 13.9. The normalized spacial score (nSPS) is 15.5. The maximum absolute atomic E-state index is 12.9. The van der Waals surface area contributed by atoms with Gasteiger partial charge in [-0.05, 0) is 30.7 Å². The minimum Gasteiger partial charge on any atom is -0.388 e. The van der Waals surface area contributed by atoms with Gasteiger partial charge in [0.05, 0.1) is 11.7 Å². The van der Waals surface area contributed by atoms with Crippen molar-refractivity contribution < 1.29 is 18.3 Å². The molecule has 3 N–H and O–H groups in total. The molecule has 0 aliphatic heterocycles. The van der Waals surface area contributed by atoms with E-state index in [1.807, 2.05) is 0 Å². The summed E-state index contributed by atoms with van der Waals surface area (Å²) in [5.41, 5.74) is 4.51. The second-order valence-corrected chi connectivity index (χ2v) is 4.99. The highest BCUT2D eigenvalue weighted by Gasteiger charge is 2.36. The van der Waals surface area contributed by atoms with Crippen LogP contribution in [-0.4, -0.2) is 11.7 Å². The van der Waals surface area contributed by atoms with Crippen LogP contribution < -0.4 is 5.73 Å². The van der Waals surface area contributed by atoms with Gasteiger partial charge in [0.2, 0.25) is 0 Å². The fourth-order valence-electron chi connectivity index (χ4n) is 1.80. The number of aliphatic hydroxyl groups excluding tert-OH is 1. The molecule has 1 rings (SSSR count). The number of rotatable bonds is 4. The molecule has 6 heteroatoms. The zero-order valence-electron chi connectivity index (χ0n) is 9.84. The van der Waals surface area contributed by atoms with Gasteiger partial charge >= 0.3 is 6.18 Å². The van der Waals surface area contributed by atoms with Crippen molar-refractivity contribution in [3.63, 3.8) is 0 Å². The van der Waals surface area contributed by atoms with Crippen LogP contribution in [0.1, 0.15) is 30.6 Å². The standard InChI is InChI=1S/C12H15BrF3NO/c1-2-7(6-17)11(18)9-4-3-8(13)5-10(9)12(14,15)16/h3-5,7,11,18H,2,6,17H2,1H3. The van der Waals surface area contributed by atoms with Crippen LogP contribution in [-0.2, 0) is 6.18 Å². The number of nitrogens with two attached hydrogens (primary N) is 1. The number of hydrogen-bond donors (Lipinski definition) is 2. The van der Waals surface area contributed by atoms with Crippen LogP contribution in [0.15, 0.2) is 22.7 Å². The Morgan fingerprint density at radius 1 is 1.39 bits per heavy atom. The van der Waals surface area contributed by atoms with Gasteiger partial charge in [-0.3, -0.25) is 0 Å². The lowest BCUT2D eigenvalue weighted by Crippen LogP contribution is -2.23. The molecule has 0 aromatic heterocycles. The second-order valence-electron chi connectivity index (χ2n) is 4.08. The molecule has 0 amide bonds. The maximum atomic E-state index is 12.9. The molecule has 0 heterocycles. The van der Waals surface area contributed by atoms with Crippen LogP contribution in [0.2, 0.25) is 0 Å². The Morgan fingerprint density at radius 2 is 2.00 bits per heavy atom. The highest BCUT2D eigenvalue weighted by molar-refractivity contribution is 9.10. The topological polar surface area (TPSA) is 46.2 Å². The molecular formula is C12H15BrF3NO. The molecule has 1 aromatic rings. The maximum Gasteiger partial charge on any atom is 0.416 e. The van der Waals surface area contributed by atoms with Crippen molar-refractivity contribution in [2.45, 2.75) is 25.6 Å². The monoisotopic (exact) mass is 325 g/mol.